The van der Waals surface area contributed by atoms with Gasteiger partial charge in [-0.05, 0) is 19.1 Å². The molecule has 6 heteroatoms. The highest BCUT2D eigenvalue weighted by Crippen LogP contribution is 2.24. The summed E-state index contributed by atoms with van der Waals surface area (Å²) in [5, 5.41) is 14.8. The third-order valence-electron chi connectivity index (χ3n) is 2.15. The normalized spacial score (nSPS) is 10.4. The molecule has 16 heavy (non-hydrogen) atoms. The van der Waals surface area contributed by atoms with Crippen molar-refractivity contribution in [2.45, 2.75) is 6.92 Å². The number of nitro benzene ring substituents is 1. The Balaban J connectivity index is 2.58. The number of rotatable bonds is 2. The fourth-order valence-corrected chi connectivity index (χ4v) is 1.90. The van der Waals surface area contributed by atoms with Crippen LogP contribution in [0.25, 0.3) is 5.69 Å². The molecular formula is C10H8BrN3O2. The molecule has 2 aromatic rings. The van der Waals surface area contributed by atoms with Crippen molar-refractivity contribution in [1.82, 2.24) is 9.78 Å². The van der Waals surface area contributed by atoms with Crippen LogP contribution in [0.4, 0.5) is 5.69 Å². The maximum atomic E-state index is 10.7. The van der Waals surface area contributed by atoms with Crippen LogP contribution >= 0.6 is 15.9 Å². The highest BCUT2D eigenvalue weighted by Gasteiger charge is 2.10. The number of hydrogen-bond donors (Lipinski definition) is 0. The summed E-state index contributed by atoms with van der Waals surface area (Å²) < 4.78 is 2.31. The van der Waals surface area contributed by atoms with Crippen LogP contribution in [0, 0.1) is 17.0 Å². The molecule has 0 fully saturated rings. The first kappa shape index (κ1) is 10.8. The number of nitrogens with zero attached hydrogens (tertiary/aromatic N) is 3. The number of aryl methyl sites for hydroxylation is 1. The van der Waals surface area contributed by atoms with Gasteiger partial charge in [-0.15, -0.1) is 0 Å². The highest BCUT2D eigenvalue weighted by molar-refractivity contribution is 9.10. The minimum Gasteiger partial charge on any atom is -0.258 e. The molecule has 0 saturated heterocycles. The van der Waals surface area contributed by atoms with Crippen LogP contribution in [0.3, 0.4) is 0 Å². The second kappa shape index (κ2) is 4.05. The van der Waals surface area contributed by atoms with E-state index in [0.29, 0.717) is 10.2 Å². The summed E-state index contributed by atoms with van der Waals surface area (Å²) in [5.41, 5.74) is 1.63. The maximum absolute atomic E-state index is 10.7. The Morgan fingerprint density at radius 1 is 1.44 bits per heavy atom. The quantitative estimate of drug-likeness (QED) is 0.628. The Hall–Kier alpha value is -1.69. The van der Waals surface area contributed by atoms with Gasteiger partial charge in [-0.3, -0.25) is 10.1 Å². The zero-order chi connectivity index (χ0) is 11.7. The van der Waals surface area contributed by atoms with E-state index in [9.17, 15) is 10.1 Å². The van der Waals surface area contributed by atoms with Gasteiger partial charge < -0.3 is 0 Å². The predicted octanol–water partition coefficient (Wildman–Crippen LogP) is 2.85. The van der Waals surface area contributed by atoms with Gasteiger partial charge in [0.25, 0.3) is 5.69 Å². The monoisotopic (exact) mass is 281 g/mol. The Morgan fingerprint density at radius 3 is 2.75 bits per heavy atom. The van der Waals surface area contributed by atoms with Gasteiger partial charge in [0.2, 0.25) is 0 Å². The van der Waals surface area contributed by atoms with Gasteiger partial charge in [0, 0.05) is 28.5 Å². The van der Waals surface area contributed by atoms with Gasteiger partial charge in [0.05, 0.1) is 10.6 Å². The Labute approximate surface area is 100.0 Å². The van der Waals surface area contributed by atoms with E-state index in [4.69, 9.17) is 0 Å². The molecule has 0 radical (unpaired) electrons. The second-order valence-electron chi connectivity index (χ2n) is 3.31. The van der Waals surface area contributed by atoms with Crippen LogP contribution in [-0.2, 0) is 0 Å². The number of non-ortho nitro benzene ring substituents is 1. The van der Waals surface area contributed by atoms with Crippen LogP contribution in [0.1, 0.15) is 5.69 Å². The lowest BCUT2D eigenvalue weighted by Crippen LogP contribution is -1.99. The molecule has 0 spiro atoms. The molecule has 82 valence electrons. The van der Waals surface area contributed by atoms with Crippen molar-refractivity contribution in [1.29, 1.82) is 0 Å². The Bertz CT molecular complexity index is 551. The highest BCUT2D eigenvalue weighted by atomic mass is 79.9. The first-order chi connectivity index (χ1) is 7.58. The number of benzene rings is 1. The fraction of sp³-hybridized carbons (Fsp3) is 0.100. The number of aromatic nitrogens is 2. The summed E-state index contributed by atoms with van der Waals surface area (Å²) in [6.45, 7) is 1.89. The van der Waals surface area contributed by atoms with E-state index in [1.807, 2.05) is 13.0 Å². The SMILES string of the molecule is Cc1ccnn1-c1cc(Br)cc([N+](=O)[O-])c1. The van der Waals surface area contributed by atoms with Crippen molar-refractivity contribution in [3.05, 3.63) is 50.7 Å². The molecule has 0 amide bonds. The van der Waals surface area contributed by atoms with E-state index < -0.39 is 4.92 Å². The lowest BCUT2D eigenvalue weighted by molar-refractivity contribution is -0.384. The first-order valence-electron chi connectivity index (χ1n) is 4.54. The molecule has 5 nitrogen and oxygen atoms in total. The van der Waals surface area contributed by atoms with Crippen molar-refractivity contribution < 1.29 is 4.92 Å². The zero-order valence-corrected chi connectivity index (χ0v) is 10.0. The molecule has 0 atom stereocenters. The van der Waals surface area contributed by atoms with E-state index in [-0.39, 0.29) is 5.69 Å². The van der Waals surface area contributed by atoms with Crippen LogP contribution in [0.5, 0.6) is 0 Å². The first-order valence-corrected chi connectivity index (χ1v) is 5.33. The second-order valence-corrected chi connectivity index (χ2v) is 4.22. The Kier molecular flexibility index (Phi) is 2.74. The zero-order valence-electron chi connectivity index (χ0n) is 8.42. The lowest BCUT2D eigenvalue weighted by Gasteiger charge is -2.04. The smallest absolute Gasteiger partial charge is 0.258 e. The third-order valence-corrected chi connectivity index (χ3v) is 2.61. The molecule has 1 heterocycles. The van der Waals surface area contributed by atoms with Gasteiger partial charge >= 0.3 is 0 Å². The summed E-state index contributed by atoms with van der Waals surface area (Å²) >= 11 is 3.25. The molecule has 0 unspecified atom stereocenters. The van der Waals surface area contributed by atoms with E-state index >= 15 is 0 Å². The third kappa shape index (κ3) is 1.96. The van der Waals surface area contributed by atoms with Crippen LogP contribution in [-0.4, -0.2) is 14.7 Å². The van der Waals surface area contributed by atoms with Crippen molar-refractivity contribution in [3.8, 4) is 5.69 Å². The number of hydrogen-bond acceptors (Lipinski definition) is 3. The Morgan fingerprint density at radius 2 is 2.19 bits per heavy atom. The predicted molar refractivity (Wildman–Crippen MR) is 62.7 cm³/mol. The molecule has 0 N–H and O–H groups in total. The van der Waals surface area contributed by atoms with Gasteiger partial charge in [-0.1, -0.05) is 15.9 Å². The van der Waals surface area contributed by atoms with Crippen molar-refractivity contribution >= 4 is 21.6 Å². The molecule has 0 aliphatic heterocycles. The molecule has 1 aromatic carbocycles. The van der Waals surface area contributed by atoms with Gasteiger partial charge in [-0.25, -0.2) is 4.68 Å². The molecule has 0 saturated carbocycles. The molecule has 0 aliphatic rings. The summed E-state index contributed by atoms with van der Waals surface area (Å²) in [4.78, 5) is 10.3. The summed E-state index contributed by atoms with van der Waals surface area (Å²) in [7, 11) is 0. The number of nitro groups is 1. The summed E-state index contributed by atoms with van der Waals surface area (Å²) in [5.74, 6) is 0. The summed E-state index contributed by atoms with van der Waals surface area (Å²) in [6, 6.07) is 6.58. The minimum absolute atomic E-state index is 0.0410. The maximum Gasteiger partial charge on any atom is 0.272 e. The average Bonchev–Trinajstić information content (AvgIpc) is 2.63. The molecular weight excluding hydrogens is 274 g/mol. The largest absolute Gasteiger partial charge is 0.272 e. The van der Waals surface area contributed by atoms with Gasteiger partial charge in [-0.2, -0.15) is 5.10 Å². The topological polar surface area (TPSA) is 61.0 Å². The fourth-order valence-electron chi connectivity index (χ4n) is 1.43. The standard InChI is InChI=1S/C10H8BrN3O2/c1-7-2-3-12-13(7)9-4-8(11)5-10(6-9)14(15)16/h2-6H,1H3. The van der Waals surface area contributed by atoms with Gasteiger partial charge in [0.1, 0.15) is 0 Å². The molecule has 1 aromatic heterocycles. The minimum atomic E-state index is -0.424. The van der Waals surface area contributed by atoms with Gasteiger partial charge in [0.15, 0.2) is 0 Å². The van der Waals surface area contributed by atoms with Crippen molar-refractivity contribution in [3.63, 3.8) is 0 Å². The molecule has 2 rings (SSSR count). The number of halogens is 1. The van der Waals surface area contributed by atoms with E-state index in [1.54, 1.807) is 16.9 Å². The van der Waals surface area contributed by atoms with Crippen LogP contribution in [0.15, 0.2) is 34.9 Å². The van der Waals surface area contributed by atoms with Crippen molar-refractivity contribution in [2.75, 3.05) is 0 Å². The van der Waals surface area contributed by atoms with E-state index in [1.165, 1.54) is 12.1 Å². The average molecular weight is 282 g/mol. The van der Waals surface area contributed by atoms with Crippen LogP contribution < -0.4 is 0 Å². The summed E-state index contributed by atoms with van der Waals surface area (Å²) in [6.07, 6.45) is 1.65. The molecule has 0 bridgehead atoms. The van der Waals surface area contributed by atoms with E-state index in [2.05, 4.69) is 21.0 Å². The lowest BCUT2D eigenvalue weighted by atomic mass is 10.3. The van der Waals surface area contributed by atoms with Crippen LogP contribution in [0.2, 0.25) is 0 Å². The van der Waals surface area contributed by atoms with E-state index in [0.717, 1.165) is 5.69 Å². The van der Waals surface area contributed by atoms with Crippen molar-refractivity contribution in [2.24, 2.45) is 0 Å². The molecule has 0 aliphatic carbocycles.